The van der Waals surface area contributed by atoms with Crippen LogP contribution in [0.15, 0.2) is 10.5 Å². The Bertz CT molecular complexity index is 498. The molecule has 0 saturated heterocycles. The molecule has 17 heavy (non-hydrogen) atoms. The molecule has 0 fully saturated rings. The van der Waals surface area contributed by atoms with Crippen LogP contribution in [-0.2, 0) is 4.79 Å². The first kappa shape index (κ1) is 11.9. The first-order valence-corrected chi connectivity index (χ1v) is 5.33. The number of carboxylic acid groups (broad SMARTS) is 1. The molecule has 0 aromatic heterocycles. The lowest BCUT2D eigenvalue weighted by Crippen LogP contribution is -2.12. The first-order chi connectivity index (χ1) is 8.06. The SMILES string of the molecule is O=Cc1cc(Br)c(C(O)C(=O)O)c2c1OCO2. The van der Waals surface area contributed by atoms with E-state index in [1.165, 1.54) is 6.07 Å². The standard InChI is InChI=1S/C10H7BrO6/c11-5-1-4(2-12)8-9(17-3-16-8)6(5)7(13)10(14)15/h1-2,7,13H,3H2,(H,14,15). The van der Waals surface area contributed by atoms with Crippen LogP contribution in [0.5, 0.6) is 11.5 Å². The summed E-state index contributed by atoms with van der Waals surface area (Å²) < 4.78 is 10.4. The number of aldehydes is 1. The van der Waals surface area contributed by atoms with Crippen LogP contribution in [0.1, 0.15) is 22.0 Å². The van der Waals surface area contributed by atoms with Crippen LogP contribution in [0.25, 0.3) is 0 Å². The van der Waals surface area contributed by atoms with Gasteiger partial charge in [-0.1, -0.05) is 15.9 Å². The average Bonchev–Trinajstić information content (AvgIpc) is 2.75. The molecule has 0 amide bonds. The lowest BCUT2D eigenvalue weighted by molar-refractivity contribution is -0.147. The van der Waals surface area contributed by atoms with E-state index in [1.807, 2.05) is 0 Å². The van der Waals surface area contributed by atoms with Gasteiger partial charge in [0.2, 0.25) is 6.79 Å². The van der Waals surface area contributed by atoms with E-state index in [-0.39, 0.29) is 33.9 Å². The predicted molar refractivity (Wildman–Crippen MR) is 58.2 cm³/mol. The van der Waals surface area contributed by atoms with E-state index in [9.17, 15) is 14.7 Å². The maximum absolute atomic E-state index is 10.8. The van der Waals surface area contributed by atoms with Crippen molar-refractivity contribution in [3.63, 3.8) is 0 Å². The number of fused-ring (bicyclic) bond motifs is 1. The van der Waals surface area contributed by atoms with Gasteiger partial charge in [-0.2, -0.15) is 0 Å². The van der Waals surface area contributed by atoms with Gasteiger partial charge in [0.1, 0.15) is 0 Å². The summed E-state index contributed by atoms with van der Waals surface area (Å²) in [5.41, 5.74) is 0.265. The molecule has 7 heteroatoms. The molecule has 90 valence electrons. The van der Waals surface area contributed by atoms with E-state index in [1.54, 1.807) is 0 Å². The van der Waals surface area contributed by atoms with E-state index >= 15 is 0 Å². The van der Waals surface area contributed by atoms with Gasteiger partial charge in [-0.05, 0) is 6.07 Å². The highest BCUT2D eigenvalue weighted by atomic mass is 79.9. The number of carbonyl (C=O) groups is 2. The van der Waals surface area contributed by atoms with Gasteiger partial charge in [0, 0.05) is 4.47 Å². The second-order valence-electron chi connectivity index (χ2n) is 3.28. The van der Waals surface area contributed by atoms with Crippen molar-refractivity contribution in [2.75, 3.05) is 6.79 Å². The number of carboxylic acids is 1. The molecular weight excluding hydrogens is 296 g/mol. The first-order valence-electron chi connectivity index (χ1n) is 4.54. The zero-order chi connectivity index (χ0) is 12.6. The van der Waals surface area contributed by atoms with Crippen LogP contribution >= 0.6 is 15.9 Å². The molecule has 1 aromatic carbocycles. The summed E-state index contributed by atoms with van der Waals surface area (Å²) in [4.78, 5) is 21.6. The van der Waals surface area contributed by atoms with Crippen LogP contribution in [0.4, 0.5) is 0 Å². The Kier molecular flexibility index (Phi) is 3.03. The lowest BCUT2D eigenvalue weighted by atomic mass is 10.0. The Labute approximate surface area is 104 Å². The van der Waals surface area contributed by atoms with Gasteiger partial charge < -0.3 is 19.7 Å². The molecule has 1 aromatic rings. The maximum Gasteiger partial charge on any atom is 0.337 e. The van der Waals surface area contributed by atoms with Gasteiger partial charge in [-0.15, -0.1) is 0 Å². The van der Waals surface area contributed by atoms with Crippen molar-refractivity contribution in [1.82, 2.24) is 0 Å². The normalized spacial score (nSPS) is 14.5. The summed E-state index contributed by atoms with van der Waals surface area (Å²) in [5.74, 6) is -1.18. The topological polar surface area (TPSA) is 93.1 Å². The quantitative estimate of drug-likeness (QED) is 0.813. The van der Waals surface area contributed by atoms with E-state index in [4.69, 9.17) is 14.6 Å². The molecule has 1 atom stereocenters. The Balaban J connectivity index is 2.65. The van der Waals surface area contributed by atoms with Gasteiger partial charge in [0.25, 0.3) is 0 Å². The maximum atomic E-state index is 10.8. The molecule has 1 unspecified atom stereocenters. The molecule has 2 N–H and O–H groups in total. The fraction of sp³-hybridized carbons (Fsp3) is 0.200. The zero-order valence-electron chi connectivity index (χ0n) is 8.34. The van der Waals surface area contributed by atoms with Gasteiger partial charge in [-0.25, -0.2) is 4.79 Å². The van der Waals surface area contributed by atoms with Crippen LogP contribution in [0, 0.1) is 0 Å². The third kappa shape index (κ3) is 1.87. The van der Waals surface area contributed by atoms with Gasteiger partial charge in [0.15, 0.2) is 23.9 Å². The molecule has 0 aliphatic carbocycles. The average molecular weight is 303 g/mol. The van der Waals surface area contributed by atoms with Gasteiger partial charge >= 0.3 is 5.97 Å². The van der Waals surface area contributed by atoms with Crippen molar-refractivity contribution in [3.05, 3.63) is 21.7 Å². The molecule has 0 bridgehead atoms. The fourth-order valence-electron chi connectivity index (χ4n) is 1.55. The summed E-state index contributed by atoms with van der Waals surface area (Å²) in [6.07, 6.45) is -1.18. The monoisotopic (exact) mass is 302 g/mol. The van der Waals surface area contributed by atoms with E-state index in [2.05, 4.69) is 15.9 Å². The minimum absolute atomic E-state index is 0.0376. The molecule has 2 rings (SSSR count). The van der Waals surface area contributed by atoms with Gasteiger partial charge in [-0.3, -0.25) is 4.79 Å². The van der Waals surface area contributed by atoms with E-state index < -0.39 is 12.1 Å². The molecular formula is C10H7BrO6. The number of carbonyl (C=O) groups excluding carboxylic acids is 1. The summed E-state index contributed by atoms with van der Waals surface area (Å²) in [5, 5.41) is 18.3. The summed E-state index contributed by atoms with van der Waals surface area (Å²) in [6.45, 7) is -0.119. The largest absolute Gasteiger partial charge is 0.479 e. The molecule has 1 aliphatic heterocycles. The number of rotatable bonds is 3. The molecule has 0 saturated carbocycles. The molecule has 0 spiro atoms. The number of aliphatic hydroxyl groups is 1. The minimum Gasteiger partial charge on any atom is -0.479 e. The number of aliphatic hydroxyl groups excluding tert-OH is 1. The zero-order valence-corrected chi connectivity index (χ0v) is 9.93. The molecule has 6 nitrogen and oxygen atoms in total. The summed E-state index contributed by atoms with van der Waals surface area (Å²) in [6, 6.07) is 1.38. The van der Waals surface area contributed by atoms with Crippen molar-refractivity contribution in [2.45, 2.75) is 6.10 Å². The Morgan fingerprint density at radius 3 is 2.71 bits per heavy atom. The third-order valence-corrected chi connectivity index (χ3v) is 2.95. The Morgan fingerprint density at radius 1 is 1.47 bits per heavy atom. The Hall–Kier alpha value is -1.60. The number of benzene rings is 1. The summed E-state index contributed by atoms with van der Waals surface area (Å²) in [7, 11) is 0. The second kappa shape index (κ2) is 4.34. The molecule has 0 radical (unpaired) electrons. The van der Waals surface area contributed by atoms with E-state index in [0.29, 0.717) is 6.29 Å². The second-order valence-corrected chi connectivity index (χ2v) is 4.14. The summed E-state index contributed by atoms with van der Waals surface area (Å²) >= 11 is 3.09. The highest BCUT2D eigenvalue weighted by molar-refractivity contribution is 9.10. The van der Waals surface area contributed by atoms with Crippen molar-refractivity contribution >= 4 is 28.2 Å². The fourth-order valence-corrected chi connectivity index (χ4v) is 2.19. The van der Waals surface area contributed by atoms with Crippen molar-refractivity contribution in [2.24, 2.45) is 0 Å². The smallest absolute Gasteiger partial charge is 0.337 e. The third-order valence-electron chi connectivity index (χ3n) is 2.29. The van der Waals surface area contributed by atoms with Gasteiger partial charge in [0.05, 0.1) is 11.1 Å². The lowest BCUT2D eigenvalue weighted by Gasteiger charge is -2.12. The van der Waals surface area contributed by atoms with Crippen molar-refractivity contribution in [1.29, 1.82) is 0 Å². The van der Waals surface area contributed by atoms with Crippen molar-refractivity contribution in [3.8, 4) is 11.5 Å². The van der Waals surface area contributed by atoms with Crippen LogP contribution < -0.4 is 9.47 Å². The molecule has 1 aliphatic rings. The number of halogens is 1. The van der Waals surface area contributed by atoms with Crippen LogP contribution in [0.2, 0.25) is 0 Å². The number of hydrogen-bond donors (Lipinski definition) is 2. The van der Waals surface area contributed by atoms with Crippen LogP contribution in [0.3, 0.4) is 0 Å². The number of hydrogen-bond acceptors (Lipinski definition) is 5. The highest BCUT2D eigenvalue weighted by Crippen LogP contribution is 2.44. The number of aliphatic carboxylic acids is 1. The van der Waals surface area contributed by atoms with E-state index in [0.717, 1.165) is 0 Å². The molecule has 1 heterocycles. The van der Waals surface area contributed by atoms with Crippen LogP contribution in [-0.4, -0.2) is 29.3 Å². The van der Waals surface area contributed by atoms with Crippen molar-refractivity contribution < 1.29 is 29.3 Å². The minimum atomic E-state index is -1.75. The number of ether oxygens (including phenoxy) is 2. The highest BCUT2D eigenvalue weighted by Gasteiger charge is 2.31. The Morgan fingerprint density at radius 2 is 2.12 bits per heavy atom. The predicted octanol–water partition coefficient (Wildman–Crippen LogP) is 1.11.